The van der Waals surface area contributed by atoms with Crippen LogP contribution in [0.3, 0.4) is 0 Å². The van der Waals surface area contributed by atoms with Crippen molar-refractivity contribution in [1.29, 1.82) is 0 Å². The quantitative estimate of drug-likeness (QED) is 0.727. The highest BCUT2D eigenvalue weighted by atomic mass is 16.3. The molecule has 0 radical (unpaired) electrons. The maximum Gasteiger partial charge on any atom is 0.163 e. The zero-order valence-corrected chi connectivity index (χ0v) is 9.04. The van der Waals surface area contributed by atoms with Gasteiger partial charge >= 0.3 is 0 Å². The van der Waals surface area contributed by atoms with E-state index in [0.717, 1.165) is 29.8 Å². The van der Waals surface area contributed by atoms with Gasteiger partial charge in [0, 0.05) is 20.1 Å². The molecular weight excluding hydrogens is 206 g/mol. The molecule has 3 heterocycles. The van der Waals surface area contributed by atoms with Gasteiger partial charge in [-0.25, -0.2) is 9.97 Å². The van der Waals surface area contributed by atoms with Gasteiger partial charge in [0.2, 0.25) is 0 Å². The Kier molecular flexibility index (Phi) is 2.03. The summed E-state index contributed by atoms with van der Waals surface area (Å²) in [6, 6.07) is 0. The van der Waals surface area contributed by atoms with Gasteiger partial charge in [0.25, 0.3) is 0 Å². The van der Waals surface area contributed by atoms with Gasteiger partial charge < -0.3 is 10.0 Å². The predicted molar refractivity (Wildman–Crippen MR) is 59.1 cm³/mol. The Hall–Kier alpha value is -1.69. The van der Waals surface area contributed by atoms with Gasteiger partial charge in [-0.2, -0.15) is 5.10 Å². The summed E-state index contributed by atoms with van der Waals surface area (Å²) in [7, 11) is 1.86. The molecular formula is C10H13N5O. The Bertz CT molecular complexity index is 523. The second-order valence-corrected chi connectivity index (χ2v) is 4.09. The Labute approximate surface area is 92.5 Å². The van der Waals surface area contributed by atoms with Gasteiger partial charge in [-0.05, 0) is 6.42 Å². The zero-order chi connectivity index (χ0) is 11.1. The normalized spacial score (nSPS) is 20.9. The molecule has 1 saturated heterocycles. The lowest BCUT2D eigenvalue weighted by atomic mass is 10.3. The van der Waals surface area contributed by atoms with E-state index in [-0.39, 0.29) is 6.10 Å². The molecule has 2 aromatic heterocycles. The smallest absolute Gasteiger partial charge is 0.163 e. The fraction of sp³-hybridized carbons (Fsp3) is 0.500. The molecule has 0 saturated carbocycles. The molecule has 1 atom stereocenters. The fourth-order valence-corrected chi connectivity index (χ4v) is 2.14. The summed E-state index contributed by atoms with van der Waals surface area (Å²) < 4.78 is 1.73. The van der Waals surface area contributed by atoms with Gasteiger partial charge in [-0.3, -0.25) is 4.68 Å². The SMILES string of the molecule is Cn1ncc2c(N3CCC(O)C3)ncnc21. The van der Waals surface area contributed by atoms with Crippen molar-refractivity contribution in [3.63, 3.8) is 0 Å². The summed E-state index contributed by atoms with van der Waals surface area (Å²) in [6.07, 6.45) is 3.87. The van der Waals surface area contributed by atoms with Gasteiger partial charge in [-0.15, -0.1) is 0 Å². The average Bonchev–Trinajstić information content (AvgIpc) is 2.86. The molecule has 0 amide bonds. The van der Waals surface area contributed by atoms with Gasteiger partial charge in [-0.1, -0.05) is 0 Å². The lowest BCUT2D eigenvalue weighted by molar-refractivity contribution is 0.198. The molecule has 3 rings (SSSR count). The molecule has 6 heteroatoms. The molecule has 1 fully saturated rings. The Morgan fingerprint density at radius 1 is 1.44 bits per heavy atom. The van der Waals surface area contributed by atoms with Crippen molar-refractivity contribution in [2.24, 2.45) is 7.05 Å². The van der Waals surface area contributed by atoms with E-state index in [9.17, 15) is 5.11 Å². The van der Waals surface area contributed by atoms with Crippen molar-refractivity contribution < 1.29 is 5.11 Å². The first-order valence-corrected chi connectivity index (χ1v) is 5.31. The lowest BCUT2D eigenvalue weighted by Crippen LogP contribution is -2.22. The number of aromatic nitrogens is 4. The van der Waals surface area contributed by atoms with Crippen LogP contribution in [0.1, 0.15) is 6.42 Å². The second kappa shape index (κ2) is 3.41. The number of nitrogens with zero attached hydrogens (tertiary/aromatic N) is 5. The minimum absolute atomic E-state index is 0.248. The van der Waals surface area contributed by atoms with Gasteiger partial charge in [0.05, 0.1) is 17.7 Å². The topological polar surface area (TPSA) is 67.1 Å². The monoisotopic (exact) mass is 219 g/mol. The zero-order valence-electron chi connectivity index (χ0n) is 9.04. The minimum Gasteiger partial charge on any atom is -0.391 e. The molecule has 6 nitrogen and oxygen atoms in total. The number of anilines is 1. The van der Waals surface area contributed by atoms with Crippen LogP contribution in [0, 0.1) is 0 Å². The van der Waals surface area contributed by atoms with E-state index >= 15 is 0 Å². The van der Waals surface area contributed by atoms with Crippen LogP contribution in [-0.2, 0) is 7.05 Å². The summed E-state index contributed by atoms with van der Waals surface area (Å²) in [6.45, 7) is 1.48. The highest BCUT2D eigenvalue weighted by Gasteiger charge is 2.23. The van der Waals surface area contributed by atoms with Crippen molar-refractivity contribution >= 4 is 16.9 Å². The highest BCUT2D eigenvalue weighted by molar-refractivity contribution is 5.86. The van der Waals surface area contributed by atoms with E-state index in [2.05, 4.69) is 20.0 Å². The molecule has 84 valence electrons. The number of aryl methyl sites for hydroxylation is 1. The van der Waals surface area contributed by atoms with Crippen LogP contribution in [0.15, 0.2) is 12.5 Å². The van der Waals surface area contributed by atoms with Gasteiger partial charge in [0.15, 0.2) is 5.65 Å². The molecule has 0 aromatic carbocycles. The number of hydrogen-bond acceptors (Lipinski definition) is 5. The standard InChI is InChI=1S/C10H13N5O/c1-14-9-8(4-13-14)10(12-6-11-9)15-3-2-7(16)5-15/h4,6-7,16H,2-3,5H2,1H3. The maximum absolute atomic E-state index is 9.53. The van der Waals surface area contributed by atoms with E-state index in [1.807, 2.05) is 7.05 Å². The van der Waals surface area contributed by atoms with Crippen molar-refractivity contribution in [3.05, 3.63) is 12.5 Å². The molecule has 1 unspecified atom stereocenters. The Morgan fingerprint density at radius 3 is 3.06 bits per heavy atom. The van der Waals surface area contributed by atoms with Crippen molar-refractivity contribution in [2.45, 2.75) is 12.5 Å². The summed E-state index contributed by atoms with van der Waals surface area (Å²) in [5.74, 6) is 0.870. The number of hydrogen-bond donors (Lipinski definition) is 1. The Balaban J connectivity index is 2.09. The number of aliphatic hydroxyl groups is 1. The lowest BCUT2D eigenvalue weighted by Gasteiger charge is -2.16. The first-order valence-electron chi connectivity index (χ1n) is 5.31. The third kappa shape index (κ3) is 1.34. The van der Waals surface area contributed by atoms with E-state index in [0.29, 0.717) is 6.54 Å². The van der Waals surface area contributed by atoms with E-state index in [1.54, 1.807) is 17.2 Å². The minimum atomic E-state index is -0.248. The van der Waals surface area contributed by atoms with Crippen molar-refractivity contribution in [3.8, 4) is 0 Å². The largest absolute Gasteiger partial charge is 0.391 e. The molecule has 0 spiro atoms. The van der Waals surface area contributed by atoms with Crippen LogP contribution in [0.5, 0.6) is 0 Å². The second-order valence-electron chi connectivity index (χ2n) is 4.09. The molecule has 16 heavy (non-hydrogen) atoms. The summed E-state index contributed by atoms with van der Waals surface area (Å²) in [5, 5.41) is 14.6. The van der Waals surface area contributed by atoms with E-state index in [4.69, 9.17) is 0 Å². The van der Waals surface area contributed by atoms with E-state index in [1.165, 1.54) is 0 Å². The maximum atomic E-state index is 9.53. The predicted octanol–water partition coefficient (Wildman–Crippen LogP) is -0.0657. The Morgan fingerprint density at radius 2 is 2.31 bits per heavy atom. The molecule has 1 aliphatic rings. The van der Waals surface area contributed by atoms with E-state index < -0.39 is 0 Å². The third-order valence-corrected chi connectivity index (χ3v) is 2.97. The summed E-state index contributed by atoms with van der Waals surface area (Å²) in [5.41, 5.74) is 0.825. The number of rotatable bonds is 1. The number of fused-ring (bicyclic) bond motifs is 1. The third-order valence-electron chi connectivity index (χ3n) is 2.97. The van der Waals surface area contributed by atoms with Gasteiger partial charge in [0.1, 0.15) is 12.1 Å². The molecule has 0 bridgehead atoms. The highest BCUT2D eigenvalue weighted by Crippen LogP contribution is 2.25. The van der Waals surface area contributed by atoms with Crippen molar-refractivity contribution in [1.82, 2.24) is 19.7 Å². The molecule has 1 aliphatic heterocycles. The number of β-amino-alcohol motifs (C(OH)–C–C–N with tert-alkyl or cyclic N) is 1. The molecule has 2 aromatic rings. The van der Waals surface area contributed by atoms with Crippen LogP contribution >= 0.6 is 0 Å². The first kappa shape index (κ1) is 9.53. The molecule has 1 N–H and O–H groups in total. The van der Waals surface area contributed by atoms with Crippen molar-refractivity contribution in [2.75, 3.05) is 18.0 Å². The van der Waals surface area contributed by atoms with Crippen LogP contribution in [0.25, 0.3) is 11.0 Å². The van der Waals surface area contributed by atoms with Crippen LogP contribution in [0.4, 0.5) is 5.82 Å². The van der Waals surface area contributed by atoms with Crippen LogP contribution in [0.2, 0.25) is 0 Å². The summed E-state index contributed by atoms with van der Waals surface area (Å²) in [4.78, 5) is 10.6. The molecule has 0 aliphatic carbocycles. The first-order chi connectivity index (χ1) is 7.75. The summed E-state index contributed by atoms with van der Waals surface area (Å²) >= 11 is 0. The van der Waals surface area contributed by atoms with Crippen LogP contribution < -0.4 is 4.90 Å². The van der Waals surface area contributed by atoms with Crippen LogP contribution in [-0.4, -0.2) is 44.0 Å². The fourth-order valence-electron chi connectivity index (χ4n) is 2.14. The number of aliphatic hydroxyl groups excluding tert-OH is 1. The average molecular weight is 219 g/mol.